The fourth-order valence-corrected chi connectivity index (χ4v) is 3.22. The van der Waals surface area contributed by atoms with Crippen molar-refractivity contribution in [2.75, 3.05) is 26.7 Å². The van der Waals surface area contributed by atoms with Crippen molar-refractivity contribution in [3.05, 3.63) is 50.9 Å². The zero-order chi connectivity index (χ0) is 18.1. The summed E-state index contributed by atoms with van der Waals surface area (Å²) in [6.45, 7) is 6.17. The van der Waals surface area contributed by atoms with Gasteiger partial charge in [-0.3, -0.25) is 4.99 Å². The van der Waals surface area contributed by atoms with E-state index in [-0.39, 0.29) is 30.1 Å². The topological polar surface area (TPSA) is 58.5 Å². The molecule has 144 valence electrons. The Morgan fingerprint density at radius 3 is 2.81 bits per heavy atom. The predicted octanol–water partition coefficient (Wildman–Crippen LogP) is 4.21. The summed E-state index contributed by atoms with van der Waals surface area (Å²) >= 11 is 7.74. The van der Waals surface area contributed by atoms with Crippen LogP contribution in [0, 0.1) is 6.92 Å². The second-order valence-electron chi connectivity index (χ2n) is 5.53. The number of aliphatic imine (C=N–C) groups is 1. The summed E-state index contributed by atoms with van der Waals surface area (Å²) in [5.74, 6) is 0.776. The van der Waals surface area contributed by atoms with Crippen LogP contribution in [0.1, 0.15) is 29.3 Å². The summed E-state index contributed by atoms with van der Waals surface area (Å²) in [5.41, 5.74) is 2.13. The van der Waals surface area contributed by atoms with Gasteiger partial charge in [0, 0.05) is 37.0 Å². The third-order valence-corrected chi connectivity index (χ3v) is 4.66. The number of methoxy groups -OCH3 is 1. The first kappa shape index (κ1) is 23.1. The Hall–Kier alpha value is -0.900. The molecule has 26 heavy (non-hydrogen) atoms. The number of nitrogens with one attached hydrogen (secondary N) is 2. The maximum absolute atomic E-state index is 6.07. The van der Waals surface area contributed by atoms with Crippen LogP contribution in [0.15, 0.2) is 34.6 Å². The van der Waals surface area contributed by atoms with E-state index in [4.69, 9.17) is 16.3 Å². The molecule has 0 aliphatic rings. The molecule has 1 heterocycles. The highest BCUT2D eigenvalue weighted by atomic mass is 127. The van der Waals surface area contributed by atoms with E-state index < -0.39 is 0 Å². The lowest BCUT2D eigenvalue weighted by atomic mass is 10.1. The van der Waals surface area contributed by atoms with E-state index in [1.807, 2.05) is 38.1 Å². The van der Waals surface area contributed by atoms with E-state index in [9.17, 15) is 0 Å². The quantitative estimate of drug-likeness (QED) is 0.319. The number of nitrogens with zero attached hydrogens (tertiary/aromatic N) is 2. The normalized spacial score (nSPS) is 12.4. The van der Waals surface area contributed by atoms with Gasteiger partial charge in [-0.15, -0.1) is 35.3 Å². The van der Waals surface area contributed by atoms with Crippen molar-refractivity contribution in [2.24, 2.45) is 4.99 Å². The minimum Gasteiger partial charge on any atom is -0.375 e. The summed E-state index contributed by atoms with van der Waals surface area (Å²) in [4.78, 5) is 9.11. The van der Waals surface area contributed by atoms with Crippen molar-refractivity contribution in [2.45, 2.75) is 26.4 Å². The van der Waals surface area contributed by atoms with Crippen LogP contribution in [0.4, 0.5) is 0 Å². The van der Waals surface area contributed by atoms with Gasteiger partial charge in [0.25, 0.3) is 0 Å². The summed E-state index contributed by atoms with van der Waals surface area (Å²) < 4.78 is 5.57. The highest BCUT2D eigenvalue weighted by Crippen LogP contribution is 2.20. The maximum atomic E-state index is 6.07. The smallest absolute Gasteiger partial charge is 0.191 e. The van der Waals surface area contributed by atoms with Crippen molar-refractivity contribution >= 4 is 52.9 Å². The number of thiazole rings is 1. The van der Waals surface area contributed by atoms with Crippen molar-refractivity contribution in [1.82, 2.24) is 15.6 Å². The molecule has 1 atom stereocenters. The molecule has 1 aromatic heterocycles. The SMILES string of the molecule is CCNC(=NCC(OC)c1cccc(Cl)c1)NCCc1csc(C)n1.I. The first-order chi connectivity index (χ1) is 12.1. The van der Waals surface area contributed by atoms with Crippen LogP contribution in [0.3, 0.4) is 0 Å². The molecule has 2 aromatic rings. The summed E-state index contributed by atoms with van der Waals surface area (Å²) in [5, 5.41) is 10.5. The van der Waals surface area contributed by atoms with Gasteiger partial charge in [-0.1, -0.05) is 23.7 Å². The third kappa shape index (κ3) is 7.77. The molecule has 1 aromatic carbocycles. The lowest BCUT2D eigenvalue weighted by Gasteiger charge is -2.16. The highest BCUT2D eigenvalue weighted by Gasteiger charge is 2.11. The monoisotopic (exact) mass is 508 g/mol. The molecule has 0 saturated carbocycles. The minimum atomic E-state index is -0.129. The summed E-state index contributed by atoms with van der Waals surface area (Å²) in [7, 11) is 1.69. The van der Waals surface area contributed by atoms with Gasteiger partial charge in [-0.05, 0) is 31.5 Å². The molecule has 0 aliphatic carbocycles. The van der Waals surface area contributed by atoms with E-state index in [0.717, 1.165) is 41.7 Å². The predicted molar refractivity (Wildman–Crippen MR) is 121 cm³/mol. The number of hydrogen-bond donors (Lipinski definition) is 2. The fourth-order valence-electron chi connectivity index (χ4n) is 2.37. The Balaban J connectivity index is 0.00000338. The van der Waals surface area contributed by atoms with Crippen LogP contribution in [0.2, 0.25) is 5.02 Å². The Kier molecular flexibility index (Phi) is 11.1. The molecule has 8 heteroatoms. The standard InChI is InChI=1S/C18H25ClN4OS.HI/c1-4-20-18(21-9-8-16-12-25-13(2)23-16)22-11-17(24-3)14-6-5-7-15(19)10-14;/h5-7,10,12,17H,4,8-9,11H2,1-3H3,(H2,20,21,22);1H. The van der Waals surface area contributed by atoms with Gasteiger partial charge in [-0.2, -0.15) is 0 Å². The van der Waals surface area contributed by atoms with Crippen LogP contribution in [-0.2, 0) is 11.2 Å². The molecule has 0 saturated heterocycles. The molecule has 0 radical (unpaired) electrons. The average Bonchev–Trinajstić information content (AvgIpc) is 3.01. The lowest BCUT2D eigenvalue weighted by Crippen LogP contribution is -2.38. The van der Waals surface area contributed by atoms with Gasteiger partial charge >= 0.3 is 0 Å². The number of ether oxygens (including phenoxy) is 1. The molecule has 0 spiro atoms. The van der Waals surface area contributed by atoms with E-state index >= 15 is 0 Å². The van der Waals surface area contributed by atoms with Gasteiger partial charge < -0.3 is 15.4 Å². The van der Waals surface area contributed by atoms with Crippen molar-refractivity contribution < 1.29 is 4.74 Å². The molecule has 0 bridgehead atoms. The second-order valence-corrected chi connectivity index (χ2v) is 7.03. The number of aryl methyl sites for hydroxylation is 1. The maximum Gasteiger partial charge on any atom is 0.191 e. The Morgan fingerprint density at radius 1 is 1.38 bits per heavy atom. The zero-order valence-corrected chi connectivity index (χ0v) is 19.2. The largest absolute Gasteiger partial charge is 0.375 e. The number of hydrogen-bond acceptors (Lipinski definition) is 4. The van der Waals surface area contributed by atoms with Crippen LogP contribution < -0.4 is 10.6 Å². The van der Waals surface area contributed by atoms with Gasteiger partial charge in [-0.25, -0.2) is 4.98 Å². The van der Waals surface area contributed by atoms with Gasteiger partial charge in [0.2, 0.25) is 0 Å². The number of rotatable bonds is 8. The van der Waals surface area contributed by atoms with Crippen LogP contribution in [0.5, 0.6) is 0 Å². The number of benzene rings is 1. The molecule has 1 unspecified atom stereocenters. The lowest BCUT2D eigenvalue weighted by molar-refractivity contribution is 0.111. The van der Waals surface area contributed by atoms with Gasteiger partial charge in [0.05, 0.1) is 17.2 Å². The molecule has 0 amide bonds. The van der Waals surface area contributed by atoms with Gasteiger partial charge in [0.15, 0.2) is 5.96 Å². The first-order valence-electron chi connectivity index (χ1n) is 8.33. The van der Waals surface area contributed by atoms with Gasteiger partial charge in [0.1, 0.15) is 6.10 Å². The Morgan fingerprint density at radius 2 is 2.19 bits per heavy atom. The van der Waals surface area contributed by atoms with Crippen LogP contribution in [-0.4, -0.2) is 37.7 Å². The average molecular weight is 509 g/mol. The van der Waals surface area contributed by atoms with Crippen molar-refractivity contribution in [3.63, 3.8) is 0 Å². The zero-order valence-electron chi connectivity index (χ0n) is 15.3. The minimum absolute atomic E-state index is 0. The molecule has 5 nitrogen and oxygen atoms in total. The first-order valence-corrected chi connectivity index (χ1v) is 9.59. The number of aromatic nitrogens is 1. The Bertz CT molecular complexity index is 695. The second kappa shape index (κ2) is 12.5. The third-order valence-electron chi connectivity index (χ3n) is 3.60. The van der Waals surface area contributed by atoms with E-state index in [1.54, 1.807) is 18.4 Å². The number of guanidine groups is 1. The molecular weight excluding hydrogens is 483 g/mol. The molecule has 2 N–H and O–H groups in total. The van der Waals surface area contributed by atoms with Crippen LogP contribution in [0.25, 0.3) is 0 Å². The Labute approximate surface area is 181 Å². The molecule has 0 aliphatic heterocycles. The van der Waals surface area contributed by atoms with Crippen molar-refractivity contribution in [3.8, 4) is 0 Å². The van der Waals surface area contributed by atoms with E-state index in [2.05, 4.69) is 26.0 Å². The summed E-state index contributed by atoms with van der Waals surface area (Å²) in [6, 6.07) is 7.69. The highest BCUT2D eigenvalue weighted by molar-refractivity contribution is 14.0. The molecule has 2 rings (SSSR count). The van der Waals surface area contributed by atoms with Crippen LogP contribution >= 0.6 is 46.9 Å². The summed E-state index contributed by atoms with van der Waals surface area (Å²) in [6.07, 6.45) is 0.742. The fraction of sp³-hybridized carbons (Fsp3) is 0.444. The molecular formula is C18H26ClIN4OS. The van der Waals surface area contributed by atoms with E-state index in [1.165, 1.54) is 0 Å². The van der Waals surface area contributed by atoms with Crippen molar-refractivity contribution in [1.29, 1.82) is 0 Å². The number of halogens is 2. The molecule has 0 fully saturated rings. The van der Waals surface area contributed by atoms with E-state index in [0.29, 0.717) is 11.6 Å².